The highest BCUT2D eigenvalue weighted by atomic mass is 16.4. The zero-order valence-corrected chi connectivity index (χ0v) is 11.5. The first-order valence-electron chi connectivity index (χ1n) is 6.91. The van der Waals surface area contributed by atoms with E-state index in [0.717, 1.165) is 19.0 Å². The number of carbonyl (C=O) groups is 1. The highest BCUT2D eigenvalue weighted by Gasteiger charge is 2.30. The molecule has 1 saturated heterocycles. The first-order chi connectivity index (χ1) is 7.95. The average Bonchev–Trinajstić information content (AvgIpc) is 2.44. The van der Waals surface area contributed by atoms with Crippen LogP contribution in [0.2, 0.25) is 0 Å². The van der Waals surface area contributed by atoms with Crippen molar-refractivity contribution in [2.75, 3.05) is 19.6 Å². The Bertz CT molecular complexity index is 251. The molecule has 1 aliphatic rings. The zero-order valence-electron chi connectivity index (χ0n) is 11.5. The van der Waals surface area contributed by atoms with Crippen LogP contribution in [0, 0.1) is 11.3 Å². The Labute approximate surface area is 105 Å². The second kappa shape index (κ2) is 6.39. The lowest BCUT2D eigenvalue weighted by molar-refractivity contribution is -0.148. The van der Waals surface area contributed by atoms with Crippen molar-refractivity contribution in [3.05, 3.63) is 0 Å². The van der Waals surface area contributed by atoms with Gasteiger partial charge >= 0.3 is 5.97 Å². The summed E-state index contributed by atoms with van der Waals surface area (Å²) in [4.78, 5) is 13.5. The summed E-state index contributed by atoms with van der Waals surface area (Å²) in [6.45, 7) is 8.71. The molecule has 0 amide bonds. The van der Waals surface area contributed by atoms with E-state index >= 15 is 0 Å². The van der Waals surface area contributed by atoms with Gasteiger partial charge in [0.1, 0.15) is 0 Å². The molecule has 0 saturated carbocycles. The molecule has 3 nitrogen and oxygen atoms in total. The molecule has 0 bridgehead atoms. The summed E-state index contributed by atoms with van der Waals surface area (Å²) in [5, 5.41) is 9.15. The molecular weight excluding hydrogens is 214 g/mol. The molecule has 0 aromatic rings. The van der Waals surface area contributed by atoms with Gasteiger partial charge in [0, 0.05) is 6.54 Å². The topological polar surface area (TPSA) is 40.5 Å². The summed E-state index contributed by atoms with van der Waals surface area (Å²) in [6, 6.07) is 0. The van der Waals surface area contributed by atoms with Crippen LogP contribution in [0.1, 0.15) is 52.9 Å². The third kappa shape index (κ3) is 4.66. The van der Waals surface area contributed by atoms with Crippen LogP contribution in [0.5, 0.6) is 0 Å². The fraction of sp³-hybridized carbons (Fsp3) is 0.929. The van der Waals surface area contributed by atoms with E-state index in [-0.39, 0.29) is 0 Å². The molecule has 1 fully saturated rings. The van der Waals surface area contributed by atoms with E-state index in [4.69, 9.17) is 5.11 Å². The molecule has 1 atom stereocenters. The van der Waals surface area contributed by atoms with Crippen LogP contribution >= 0.6 is 0 Å². The predicted molar refractivity (Wildman–Crippen MR) is 70.1 cm³/mol. The highest BCUT2D eigenvalue weighted by molar-refractivity contribution is 5.73. The van der Waals surface area contributed by atoms with Crippen LogP contribution in [-0.2, 0) is 4.79 Å². The summed E-state index contributed by atoms with van der Waals surface area (Å²) in [5.74, 6) is 0.171. The molecule has 3 heteroatoms. The van der Waals surface area contributed by atoms with Crippen molar-refractivity contribution >= 4 is 5.97 Å². The van der Waals surface area contributed by atoms with Crippen molar-refractivity contribution in [1.82, 2.24) is 4.90 Å². The maximum atomic E-state index is 11.1. The molecule has 100 valence electrons. The van der Waals surface area contributed by atoms with E-state index in [1.165, 1.54) is 32.1 Å². The predicted octanol–water partition coefficient (Wildman–Crippen LogP) is 3.00. The van der Waals surface area contributed by atoms with Crippen molar-refractivity contribution in [1.29, 1.82) is 0 Å². The largest absolute Gasteiger partial charge is 0.481 e. The van der Waals surface area contributed by atoms with Gasteiger partial charge in [-0.15, -0.1) is 0 Å². The number of aliphatic carboxylic acids is 1. The van der Waals surface area contributed by atoms with Crippen molar-refractivity contribution in [2.24, 2.45) is 11.3 Å². The van der Waals surface area contributed by atoms with Crippen molar-refractivity contribution in [3.63, 3.8) is 0 Å². The van der Waals surface area contributed by atoms with Crippen molar-refractivity contribution in [2.45, 2.75) is 52.9 Å². The third-order valence-electron chi connectivity index (χ3n) is 3.84. The smallest absolute Gasteiger partial charge is 0.310 e. The molecule has 1 heterocycles. The monoisotopic (exact) mass is 241 g/mol. The van der Waals surface area contributed by atoms with E-state index in [0.29, 0.717) is 6.54 Å². The van der Waals surface area contributed by atoms with Crippen molar-refractivity contribution in [3.8, 4) is 0 Å². The second-order valence-electron chi connectivity index (χ2n) is 6.05. The summed E-state index contributed by atoms with van der Waals surface area (Å²) in [6.07, 6.45) is 6.38. The minimum Gasteiger partial charge on any atom is -0.481 e. The Morgan fingerprint density at radius 1 is 1.35 bits per heavy atom. The summed E-state index contributed by atoms with van der Waals surface area (Å²) in [7, 11) is 0. The van der Waals surface area contributed by atoms with Crippen LogP contribution in [0.4, 0.5) is 0 Å². The number of carboxylic acids is 1. The molecule has 1 rings (SSSR count). The molecule has 17 heavy (non-hydrogen) atoms. The van der Waals surface area contributed by atoms with E-state index in [2.05, 4.69) is 11.8 Å². The van der Waals surface area contributed by atoms with Gasteiger partial charge in [0.25, 0.3) is 0 Å². The number of rotatable bonds is 5. The molecule has 0 aliphatic carbocycles. The molecule has 0 aromatic carbocycles. The Morgan fingerprint density at radius 3 is 2.65 bits per heavy atom. The Balaban J connectivity index is 2.44. The molecule has 1 aliphatic heterocycles. The Morgan fingerprint density at radius 2 is 2.06 bits per heavy atom. The van der Waals surface area contributed by atoms with Gasteiger partial charge in [0.05, 0.1) is 5.41 Å². The summed E-state index contributed by atoms with van der Waals surface area (Å²) in [5.41, 5.74) is -0.620. The quantitative estimate of drug-likeness (QED) is 0.804. The average molecular weight is 241 g/mol. The normalized spacial score (nSPS) is 23.4. The van der Waals surface area contributed by atoms with Gasteiger partial charge in [0.2, 0.25) is 0 Å². The Hall–Kier alpha value is -0.570. The van der Waals surface area contributed by atoms with E-state index in [1.54, 1.807) is 0 Å². The van der Waals surface area contributed by atoms with Crippen LogP contribution < -0.4 is 0 Å². The number of nitrogens with zero attached hydrogens (tertiary/aromatic N) is 1. The molecule has 0 radical (unpaired) electrons. The van der Waals surface area contributed by atoms with Crippen LogP contribution in [0.25, 0.3) is 0 Å². The molecule has 1 unspecified atom stereocenters. The van der Waals surface area contributed by atoms with Crippen LogP contribution in [-0.4, -0.2) is 35.6 Å². The van der Waals surface area contributed by atoms with E-state index in [1.807, 2.05) is 13.8 Å². The first-order valence-corrected chi connectivity index (χ1v) is 6.91. The minimum atomic E-state index is -0.688. The fourth-order valence-electron chi connectivity index (χ4n) is 2.71. The standard InChI is InChI=1S/C14H27NO2/c1-4-6-12-7-5-9-15(10-8-12)11-14(2,3)13(16)17/h12H,4-11H2,1-3H3,(H,16,17). The van der Waals surface area contributed by atoms with E-state index < -0.39 is 11.4 Å². The second-order valence-corrected chi connectivity index (χ2v) is 6.05. The van der Waals surface area contributed by atoms with Crippen LogP contribution in [0.3, 0.4) is 0 Å². The number of likely N-dealkylation sites (tertiary alicyclic amines) is 1. The van der Waals surface area contributed by atoms with Crippen molar-refractivity contribution < 1.29 is 9.90 Å². The van der Waals surface area contributed by atoms with Gasteiger partial charge in [-0.2, -0.15) is 0 Å². The molecule has 1 N–H and O–H groups in total. The fourth-order valence-corrected chi connectivity index (χ4v) is 2.71. The van der Waals surface area contributed by atoms with Gasteiger partial charge in [-0.05, 0) is 52.1 Å². The minimum absolute atomic E-state index is 0.620. The first kappa shape index (κ1) is 14.5. The van der Waals surface area contributed by atoms with E-state index in [9.17, 15) is 4.79 Å². The lowest BCUT2D eigenvalue weighted by Gasteiger charge is -2.28. The maximum Gasteiger partial charge on any atom is 0.310 e. The lowest BCUT2D eigenvalue weighted by Crippen LogP contribution is -2.39. The Kier molecular flexibility index (Phi) is 5.44. The molecule has 0 spiro atoms. The summed E-state index contributed by atoms with van der Waals surface area (Å²) < 4.78 is 0. The van der Waals surface area contributed by atoms with Gasteiger partial charge in [-0.25, -0.2) is 0 Å². The number of carboxylic acid groups (broad SMARTS) is 1. The number of hydrogen-bond acceptors (Lipinski definition) is 2. The van der Waals surface area contributed by atoms with Gasteiger partial charge in [0.15, 0.2) is 0 Å². The highest BCUT2D eigenvalue weighted by Crippen LogP contribution is 2.24. The third-order valence-corrected chi connectivity index (χ3v) is 3.84. The molecule has 0 aromatic heterocycles. The SMILES string of the molecule is CCCC1CCCN(CC(C)(C)C(=O)O)CC1. The van der Waals surface area contributed by atoms with Gasteiger partial charge < -0.3 is 10.0 Å². The number of hydrogen-bond donors (Lipinski definition) is 1. The van der Waals surface area contributed by atoms with Gasteiger partial charge in [-0.1, -0.05) is 19.8 Å². The molecular formula is C14H27NO2. The maximum absolute atomic E-state index is 11.1. The zero-order chi connectivity index (χ0) is 12.9. The lowest BCUT2D eigenvalue weighted by atomic mass is 9.93. The summed E-state index contributed by atoms with van der Waals surface area (Å²) >= 11 is 0. The van der Waals surface area contributed by atoms with Gasteiger partial charge in [-0.3, -0.25) is 4.79 Å². The van der Waals surface area contributed by atoms with Crippen LogP contribution in [0.15, 0.2) is 0 Å².